The number of anilines is 1. The summed E-state index contributed by atoms with van der Waals surface area (Å²) in [7, 11) is 0. The quantitative estimate of drug-likeness (QED) is 0.722. The molecule has 0 atom stereocenters. The van der Waals surface area contributed by atoms with Crippen molar-refractivity contribution in [1.82, 2.24) is 0 Å². The predicted molar refractivity (Wildman–Crippen MR) is 103 cm³/mol. The molecule has 26 heavy (non-hydrogen) atoms. The van der Waals surface area contributed by atoms with Gasteiger partial charge in [0, 0.05) is 28.6 Å². The molecule has 0 aromatic heterocycles. The Hall–Kier alpha value is -2.31. The minimum atomic E-state index is -0.222. The molecular weight excluding hydrogens is 346 g/mol. The number of carbonyl (C=O) groups excluding carboxylic acids is 2. The highest BCUT2D eigenvalue weighted by Gasteiger charge is 2.27. The predicted octanol–water partition coefficient (Wildman–Crippen LogP) is 1.56. The maximum Gasteiger partial charge on any atom is 0.279 e. The summed E-state index contributed by atoms with van der Waals surface area (Å²) in [6.45, 7) is 2.03. The van der Waals surface area contributed by atoms with Gasteiger partial charge in [0.25, 0.3) is 5.91 Å². The molecule has 0 aliphatic carbocycles. The van der Waals surface area contributed by atoms with Crippen LogP contribution in [-0.4, -0.2) is 31.4 Å². The Bertz CT molecular complexity index is 759. The van der Waals surface area contributed by atoms with Crippen molar-refractivity contribution >= 4 is 29.3 Å². The first-order valence-electron chi connectivity index (χ1n) is 8.86. The molecule has 5 nitrogen and oxygen atoms in total. The Morgan fingerprint density at radius 2 is 1.69 bits per heavy atom. The van der Waals surface area contributed by atoms with Crippen molar-refractivity contribution < 1.29 is 14.5 Å². The van der Waals surface area contributed by atoms with Gasteiger partial charge >= 0.3 is 0 Å². The van der Waals surface area contributed by atoms with Crippen LogP contribution in [0, 0.1) is 5.92 Å². The van der Waals surface area contributed by atoms with E-state index in [1.807, 2.05) is 42.5 Å². The summed E-state index contributed by atoms with van der Waals surface area (Å²) in [5.41, 5.74) is 6.20. The number of piperidine rings is 1. The molecule has 4 N–H and O–H groups in total. The Kier molecular flexibility index (Phi) is 6.30. The Morgan fingerprint density at radius 1 is 1.04 bits per heavy atom. The van der Waals surface area contributed by atoms with Crippen molar-refractivity contribution in [2.75, 3.05) is 25.0 Å². The summed E-state index contributed by atoms with van der Waals surface area (Å²) in [6, 6.07) is 17.9. The van der Waals surface area contributed by atoms with Gasteiger partial charge in [-0.05, 0) is 24.3 Å². The molecule has 3 rings (SSSR count). The summed E-state index contributed by atoms with van der Waals surface area (Å²) in [6.07, 6.45) is 1.52. The van der Waals surface area contributed by atoms with Crippen LogP contribution in [0.2, 0.25) is 0 Å². The second-order valence-corrected chi connectivity index (χ2v) is 7.68. The maximum absolute atomic E-state index is 12.5. The van der Waals surface area contributed by atoms with E-state index in [0.717, 1.165) is 41.4 Å². The van der Waals surface area contributed by atoms with Crippen LogP contribution in [0.3, 0.4) is 0 Å². The molecular formula is C20H24N3O2S+. The van der Waals surface area contributed by atoms with E-state index >= 15 is 0 Å². The number of benzene rings is 2. The van der Waals surface area contributed by atoms with Gasteiger partial charge in [-0.25, -0.2) is 0 Å². The van der Waals surface area contributed by atoms with Gasteiger partial charge in [-0.3, -0.25) is 9.59 Å². The normalized spacial score (nSPS) is 19.7. The lowest BCUT2D eigenvalue weighted by Gasteiger charge is -2.27. The van der Waals surface area contributed by atoms with Crippen molar-refractivity contribution in [3.8, 4) is 0 Å². The minimum absolute atomic E-state index is 0.00126. The third-order valence-electron chi connectivity index (χ3n) is 4.64. The fraction of sp³-hybridized carbons (Fsp3) is 0.300. The molecule has 1 fully saturated rings. The lowest BCUT2D eigenvalue weighted by atomic mass is 9.96. The second-order valence-electron chi connectivity index (χ2n) is 6.56. The number of nitrogens with two attached hydrogens (primary N) is 1. The first-order valence-corrected chi connectivity index (χ1v) is 9.68. The number of carbonyl (C=O) groups is 2. The minimum Gasteiger partial charge on any atom is -0.369 e. The van der Waals surface area contributed by atoms with Crippen LogP contribution in [0.15, 0.2) is 64.4 Å². The van der Waals surface area contributed by atoms with Crippen LogP contribution in [-0.2, 0) is 9.59 Å². The zero-order valence-electron chi connectivity index (χ0n) is 14.6. The van der Waals surface area contributed by atoms with E-state index in [9.17, 15) is 9.59 Å². The van der Waals surface area contributed by atoms with Gasteiger partial charge in [0.05, 0.1) is 18.8 Å². The lowest BCUT2D eigenvalue weighted by Crippen LogP contribution is -3.14. The van der Waals surface area contributed by atoms with Gasteiger partial charge in [-0.15, -0.1) is 0 Å². The van der Waals surface area contributed by atoms with E-state index in [1.54, 1.807) is 11.8 Å². The number of amides is 2. The highest BCUT2D eigenvalue weighted by atomic mass is 32.2. The molecule has 1 saturated heterocycles. The van der Waals surface area contributed by atoms with E-state index in [4.69, 9.17) is 5.73 Å². The van der Waals surface area contributed by atoms with Crippen LogP contribution in [0.1, 0.15) is 12.8 Å². The summed E-state index contributed by atoms with van der Waals surface area (Å²) in [4.78, 5) is 27.1. The van der Waals surface area contributed by atoms with E-state index in [1.165, 1.54) is 4.90 Å². The third-order valence-corrected chi connectivity index (χ3v) is 5.72. The topological polar surface area (TPSA) is 76.6 Å². The fourth-order valence-corrected chi connectivity index (χ4v) is 4.11. The zero-order valence-corrected chi connectivity index (χ0v) is 15.4. The smallest absolute Gasteiger partial charge is 0.279 e. The van der Waals surface area contributed by atoms with Gasteiger partial charge < -0.3 is 16.0 Å². The highest BCUT2D eigenvalue weighted by Crippen LogP contribution is 2.33. The van der Waals surface area contributed by atoms with Crippen LogP contribution in [0.25, 0.3) is 0 Å². The molecule has 6 heteroatoms. The number of para-hydroxylation sites is 1. The van der Waals surface area contributed by atoms with Crippen LogP contribution in [0.4, 0.5) is 5.69 Å². The van der Waals surface area contributed by atoms with Gasteiger partial charge in [0.15, 0.2) is 6.54 Å². The first kappa shape index (κ1) is 18.5. The van der Waals surface area contributed by atoms with Gasteiger partial charge in [-0.2, -0.15) is 0 Å². The van der Waals surface area contributed by atoms with Gasteiger partial charge in [0.2, 0.25) is 5.91 Å². The van der Waals surface area contributed by atoms with Crippen molar-refractivity contribution in [2.45, 2.75) is 22.6 Å². The standard InChI is InChI=1S/C20H23N3O2S/c21-20(25)15-10-12-23(13-11-15)14-19(24)22-17-8-4-5-9-18(17)26-16-6-2-1-3-7-16/h1-9,15H,10-14H2,(H2,21,25)(H,22,24)/p+1. The van der Waals surface area contributed by atoms with Gasteiger partial charge in [0.1, 0.15) is 0 Å². The molecule has 0 unspecified atom stereocenters. The Morgan fingerprint density at radius 3 is 2.38 bits per heavy atom. The Balaban J connectivity index is 1.57. The van der Waals surface area contributed by atoms with E-state index in [-0.39, 0.29) is 17.7 Å². The molecule has 1 aliphatic heterocycles. The molecule has 2 aromatic carbocycles. The molecule has 136 valence electrons. The molecule has 0 bridgehead atoms. The van der Waals surface area contributed by atoms with Crippen LogP contribution in [0.5, 0.6) is 0 Å². The van der Waals surface area contributed by atoms with Gasteiger partial charge in [-0.1, -0.05) is 42.1 Å². The molecule has 2 aromatic rings. The molecule has 0 spiro atoms. The molecule has 0 radical (unpaired) electrons. The first-order chi connectivity index (χ1) is 12.6. The summed E-state index contributed by atoms with van der Waals surface area (Å²) >= 11 is 1.63. The van der Waals surface area contributed by atoms with Crippen molar-refractivity contribution in [3.63, 3.8) is 0 Å². The SMILES string of the molecule is NC(=O)C1CC[NH+](CC(=O)Nc2ccccc2Sc2ccccc2)CC1. The molecule has 1 aliphatic rings. The monoisotopic (exact) mass is 370 g/mol. The van der Waals surface area contributed by atoms with Crippen molar-refractivity contribution in [2.24, 2.45) is 11.7 Å². The van der Waals surface area contributed by atoms with Crippen molar-refractivity contribution in [1.29, 1.82) is 0 Å². The number of nitrogens with one attached hydrogen (secondary N) is 2. The summed E-state index contributed by atoms with van der Waals surface area (Å²) < 4.78 is 0. The average molecular weight is 370 g/mol. The maximum atomic E-state index is 12.5. The lowest BCUT2D eigenvalue weighted by molar-refractivity contribution is -0.897. The molecule has 2 amide bonds. The largest absolute Gasteiger partial charge is 0.369 e. The number of likely N-dealkylation sites (tertiary alicyclic amines) is 1. The number of hydrogen-bond donors (Lipinski definition) is 3. The third kappa shape index (κ3) is 5.09. The summed E-state index contributed by atoms with van der Waals surface area (Å²) in [5.74, 6) is -0.260. The number of primary amides is 1. The number of hydrogen-bond acceptors (Lipinski definition) is 3. The highest BCUT2D eigenvalue weighted by molar-refractivity contribution is 7.99. The van der Waals surface area contributed by atoms with Crippen LogP contribution >= 0.6 is 11.8 Å². The van der Waals surface area contributed by atoms with Crippen LogP contribution < -0.4 is 16.0 Å². The number of quaternary nitrogens is 1. The van der Waals surface area contributed by atoms with Crippen molar-refractivity contribution in [3.05, 3.63) is 54.6 Å². The van der Waals surface area contributed by atoms with E-state index in [0.29, 0.717) is 6.54 Å². The zero-order chi connectivity index (χ0) is 18.4. The second kappa shape index (κ2) is 8.87. The molecule has 1 heterocycles. The average Bonchev–Trinajstić information content (AvgIpc) is 2.64. The fourth-order valence-electron chi connectivity index (χ4n) is 3.18. The molecule has 0 saturated carbocycles. The summed E-state index contributed by atoms with van der Waals surface area (Å²) in [5, 5.41) is 3.04. The van der Waals surface area contributed by atoms with E-state index in [2.05, 4.69) is 17.4 Å². The number of rotatable bonds is 6. The van der Waals surface area contributed by atoms with E-state index < -0.39 is 0 Å². The Labute approximate surface area is 157 Å².